The Hall–Kier alpha value is -1.26. The molecule has 5 nitrogen and oxygen atoms in total. The molecular weight excluding hydrogens is 256 g/mol. The summed E-state index contributed by atoms with van der Waals surface area (Å²) in [7, 11) is 0. The minimum atomic E-state index is -0.718. The molecule has 0 heterocycles. The number of carbonyl (C=O) groups is 2. The highest BCUT2D eigenvalue weighted by Crippen LogP contribution is 2.31. The van der Waals surface area contributed by atoms with Gasteiger partial charge in [-0.1, -0.05) is 19.3 Å². The molecule has 114 valence electrons. The van der Waals surface area contributed by atoms with E-state index in [9.17, 15) is 9.59 Å². The summed E-state index contributed by atoms with van der Waals surface area (Å²) in [5, 5.41) is 12.1. The second-order valence-corrected chi connectivity index (χ2v) is 6.05. The summed E-state index contributed by atoms with van der Waals surface area (Å²) >= 11 is 0. The number of carbonyl (C=O) groups excluding carboxylic acids is 1. The Kier molecular flexibility index (Phi) is 5.26. The van der Waals surface area contributed by atoms with Crippen LogP contribution >= 0.6 is 0 Å². The number of hydrogen-bond acceptors (Lipinski definition) is 2. The third-order valence-electron chi connectivity index (χ3n) is 4.86. The van der Waals surface area contributed by atoms with Crippen molar-refractivity contribution in [3.63, 3.8) is 0 Å². The Bertz CT molecular complexity index is 353. The number of rotatable bonds is 5. The summed E-state index contributed by atoms with van der Waals surface area (Å²) in [5.74, 6) is -0.902. The molecule has 0 aromatic rings. The van der Waals surface area contributed by atoms with Gasteiger partial charge in [-0.2, -0.15) is 0 Å². The number of aliphatic carboxylic acids is 1. The van der Waals surface area contributed by atoms with Crippen molar-refractivity contribution in [1.82, 2.24) is 10.2 Å². The Morgan fingerprint density at radius 3 is 2.45 bits per heavy atom. The number of amides is 2. The number of urea groups is 1. The lowest BCUT2D eigenvalue weighted by atomic mass is 9.96. The van der Waals surface area contributed by atoms with E-state index in [0.29, 0.717) is 12.6 Å². The number of hydrogen-bond donors (Lipinski definition) is 2. The van der Waals surface area contributed by atoms with Crippen LogP contribution in [0.15, 0.2) is 0 Å². The third-order valence-corrected chi connectivity index (χ3v) is 4.86. The largest absolute Gasteiger partial charge is 0.481 e. The maximum atomic E-state index is 12.3. The highest BCUT2D eigenvalue weighted by Gasteiger charge is 2.33. The fraction of sp³-hybridized carbons (Fsp3) is 0.867. The zero-order chi connectivity index (χ0) is 14.5. The lowest BCUT2D eigenvalue weighted by Gasteiger charge is -2.28. The molecule has 0 saturated heterocycles. The lowest BCUT2D eigenvalue weighted by Crippen LogP contribution is -2.46. The highest BCUT2D eigenvalue weighted by molar-refractivity contribution is 5.75. The maximum absolute atomic E-state index is 12.3. The normalized spacial score (nSPS) is 26.6. The van der Waals surface area contributed by atoms with Crippen LogP contribution in [-0.2, 0) is 4.79 Å². The maximum Gasteiger partial charge on any atom is 0.317 e. The van der Waals surface area contributed by atoms with Gasteiger partial charge in [-0.15, -0.1) is 0 Å². The van der Waals surface area contributed by atoms with Gasteiger partial charge in [0, 0.05) is 19.1 Å². The van der Waals surface area contributed by atoms with Crippen LogP contribution in [0.5, 0.6) is 0 Å². The van der Waals surface area contributed by atoms with Crippen LogP contribution < -0.4 is 5.32 Å². The molecule has 0 radical (unpaired) electrons. The fourth-order valence-corrected chi connectivity index (χ4v) is 3.71. The molecule has 2 aliphatic rings. The number of nitrogens with one attached hydrogen (secondary N) is 1. The van der Waals surface area contributed by atoms with Crippen molar-refractivity contribution in [1.29, 1.82) is 0 Å². The topological polar surface area (TPSA) is 69.6 Å². The molecule has 2 saturated carbocycles. The molecule has 2 N–H and O–H groups in total. The van der Waals surface area contributed by atoms with E-state index in [1.165, 1.54) is 12.8 Å². The van der Waals surface area contributed by atoms with E-state index in [1.54, 1.807) is 0 Å². The average Bonchev–Trinajstić information content (AvgIpc) is 3.08. The third kappa shape index (κ3) is 3.44. The zero-order valence-corrected chi connectivity index (χ0v) is 12.3. The summed E-state index contributed by atoms with van der Waals surface area (Å²) in [6, 6.07) is 0.356. The summed E-state index contributed by atoms with van der Waals surface area (Å²) in [6.45, 7) is 3.23. The van der Waals surface area contributed by atoms with Crippen LogP contribution in [0.1, 0.15) is 51.9 Å². The van der Waals surface area contributed by atoms with Gasteiger partial charge in [-0.05, 0) is 38.5 Å². The first kappa shape index (κ1) is 15.1. The quantitative estimate of drug-likeness (QED) is 0.813. The van der Waals surface area contributed by atoms with Crippen LogP contribution in [0, 0.1) is 11.8 Å². The van der Waals surface area contributed by atoms with Crippen LogP contribution in [0.4, 0.5) is 4.79 Å². The van der Waals surface area contributed by atoms with Crippen molar-refractivity contribution in [3.05, 3.63) is 0 Å². The summed E-state index contributed by atoms with van der Waals surface area (Å²) in [5.41, 5.74) is 0. The van der Waals surface area contributed by atoms with E-state index in [-0.39, 0.29) is 17.9 Å². The molecule has 5 heteroatoms. The molecule has 0 spiro atoms. The average molecular weight is 282 g/mol. The Balaban J connectivity index is 1.82. The van der Waals surface area contributed by atoms with Gasteiger partial charge in [0.1, 0.15) is 0 Å². The number of carboxylic acid groups (broad SMARTS) is 1. The molecule has 0 bridgehead atoms. The first-order chi connectivity index (χ1) is 9.63. The van der Waals surface area contributed by atoms with Crippen LogP contribution in [0.3, 0.4) is 0 Å². The summed E-state index contributed by atoms with van der Waals surface area (Å²) in [6.07, 6.45) is 7.22. The van der Waals surface area contributed by atoms with E-state index in [0.717, 1.165) is 38.6 Å². The minimum absolute atomic E-state index is 0.0181. The molecule has 2 rings (SSSR count). The number of carboxylic acids is 1. The molecule has 2 amide bonds. The molecule has 2 atom stereocenters. The van der Waals surface area contributed by atoms with Gasteiger partial charge < -0.3 is 15.3 Å². The Morgan fingerprint density at radius 2 is 1.85 bits per heavy atom. The summed E-state index contributed by atoms with van der Waals surface area (Å²) < 4.78 is 0. The van der Waals surface area contributed by atoms with E-state index in [1.807, 2.05) is 11.8 Å². The SMILES string of the molecule is CCN(C(=O)NCC1CCCC1C(=O)O)C1CCCC1. The fourth-order valence-electron chi connectivity index (χ4n) is 3.71. The standard InChI is InChI=1S/C15H26N2O3/c1-2-17(12-7-3-4-8-12)15(20)16-10-11-6-5-9-13(11)14(18)19/h11-13H,2-10H2,1H3,(H,16,20)(H,18,19). The lowest BCUT2D eigenvalue weighted by molar-refractivity contribution is -0.142. The second kappa shape index (κ2) is 6.95. The van der Waals surface area contributed by atoms with E-state index in [4.69, 9.17) is 5.11 Å². The highest BCUT2D eigenvalue weighted by atomic mass is 16.4. The first-order valence-electron chi connectivity index (χ1n) is 7.90. The van der Waals surface area contributed by atoms with E-state index < -0.39 is 5.97 Å². The molecule has 2 fully saturated rings. The van der Waals surface area contributed by atoms with Crippen molar-refractivity contribution in [2.24, 2.45) is 11.8 Å². The van der Waals surface area contributed by atoms with Gasteiger partial charge >= 0.3 is 12.0 Å². The van der Waals surface area contributed by atoms with Crippen molar-refractivity contribution in [2.45, 2.75) is 57.9 Å². The predicted octanol–water partition coefficient (Wildman–Crippen LogP) is 2.46. The van der Waals surface area contributed by atoms with Gasteiger partial charge in [-0.3, -0.25) is 4.79 Å². The van der Waals surface area contributed by atoms with Gasteiger partial charge in [0.2, 0.25) is 0 Å². The smallest absolute Gasteiger partial charge is 0.317 e. The first-order valence-corrected chi connectivity index (χ1v) is 7.90. The number of nitrogens with zero attached hydrogens (tertiary/aromatic N) is 1. The molecule has 0 aliphatic heterocycles. The van der Waals surface area contributed by atoms with Crippen LogP contribution in [0.2, 0.25) is 0 Å². The molecule has 0 aromatic carbocycles. The van der Waals surface area contributed by atoms with Crippen molar-refractivity contribution < 1.29 is 14.7 Å². The van der Waals surface area contributed by atoms with Gasteiger partial charge in [-0.25, -0.2) is 4.79 Å². The second-order valence-electron chi connectivity index (χ2n) is 6.05. The summed E-state index contributed by atoms with van der Waals surface area (Å²) in [4.78, 5) is 25.3. The van der Waals surface area contributed by atoms with Crippen molar-refractivity contribution >= 4 is 12.0 Å². The molecule has 20 heavy (non-hydrogen) atoms. The minimum Gasteiger partial charge on any atom is -0.481 e. The molecule has 0 aromatic heterocycles. The van der Waals surface area contributed by atoms with Gasteiger partial charge in [0.05, 0.1) is 5.92 Å². The van der Waals surface area contributed by atoms with E-state index in [2.05, 4.69) is 5.32 Å². The van der Waals surface area contributed by atoms with Gasteiger partial charge in [0.15, 0.2) is 0 Å². The molecular formula is C15H26N2O3. The Morgan fingerprint density at radius 1 is 1.15 bits per heavy atom. The Labute approximate surface area is 120 Å². The van der Waals surface area contributed by atoms with Crippen LogP contribution in [0.25, 0.3) is 0 Å². The predicted molar refractivity (Wildman–Crippen MR) is 76.5 cm³/mol. The molecule has 2 unspecified atom stereocenters. The van der Waals surface area contributed by atoms with Crippen molar-refractivity contribution in [3.8, 4) is 0 Å². The monoisotopic (exact) mass is 282 g/mol. The van der Waals surface area contributed by atoms with Crippen molar-refractivity contribution in [2.75, 3.05) is 13.1 Å². The zero-order valence-electron chi connectivity index (χ0n) is 12.3. The van der Waals surface area contributed by atoms with E-state index >= 15 is 0 Å². The van der Waals surface area contributed by atoms with Gasteiger partial charge in [0.25, 0.3) is 0 Å². The molecule has 2 aliphatic carbocycles. The van der Waals surface area contributed by atoms with Crippen LogP contribution in [-0.4, -0.2) is 41.1 Å².